The van der Waals surface area contributed by atoms with Crippen molar-refractivity contribution in [3.05, 3.63) is 87.6 Å². The number of rotatable bonds is 7. The average Bonchev–Trinajstić information content (AvgIpc) is 3.26. The Labute approximate surface area is 185 Å². The summed E-state index contributed by atoms with van der Waals surface area (Å²) in [6.45, 7) is 1.81. The van der Waals surface area contributed by atoms with Crippen molar-refractivity contribution in [1.29, 1.82) is 0 Å². The lowest BCUT2D eigenvalue weighted by Gasteiger charge is -2.27. The van der Waals surface area contributed by atoms with Crippen molar-refractivity contribution in [2.45, 2.75) is 30.0 Å². The highest BCUT2D eigenvalue weighted by atomic mass is 32.2. The summed E-state index contributed by atoms with van der Waals surface area (Å²) < 4.78 is 0. The summed E-state index contributed by atoms with van der Waals surface area (Å²) in [5.74, 6) is 0.860. The lowest BCUT2D eigenvalue weighted by Crippen LogP contribution is -2.37. The zero-order valence-corrected chi connectivity index (χ0v) is 18.3. The quantitative estimate of drug-likeness (QED) is 0.544. The minimum Gasteiger partial charge on any atom is -0.352 e. The molecule has 0 bridgehead atoms. The predicted octanol–water partition coefficient (Wildman–Crippen LogP) is 4.75. The van der Waals surface area contributed by atoms with E-state index in [1.165, 1.54) is 16.0 Å². The number of hydrogen-bond acceptors (Lipinski definition) is 4. The monoisotopic (exact) mass is 436 g/mol. The molecule has 2 aromatic carbocycles. The van der Waals surface area contributed by atoms with Crippen LogP contribution in [-0.4, -0.2) is 29.8 Å². The molecule has 0 atom stereocenters. The number of thioether (sulfide) groups is 1. The molecule has 3 aromatic rings. The molecule has 0 saturated carbocycles. The molecule has 4 rings (SSSR count). The summed E-state index contributed by atoms with van der Waals surface area (Å²) in [6.07, 6.45) is 1.26. The first-order chi connectivity index (χ1) is 14.7. The van der Waals surface area contributed by atoms with Gasteiger partial charge in [0.2, 0.25) is 5.91 Å². The molecule has 6 heteroatoms. The van der Waals surface area contributed by atoms with E-state index in [0.717, 1.165) is 23.6 Å². The van der Waals surface area contributed by atoms with Crippen LogP contribution >= 0.6 is 23.1 Å². The third-order valence-corrected chi connectivity index (χ3v) is 7.26. The number of carbonyl (C=O) groups excluding carboxylic acids is 2. The summed E-state index contributed by atoms with van der Waals surface area (Å²) in [4.78, 5) is 29.2. The first-order valence-corrected chi connectivity index (χ1v) is 11.9. The maximum Gasteiger partial charge on any atom is 0.251 e. The fraction of sp³-hybridized carbons (Fsp3) is 0.250. The van der Waals surface area contributed by atoms with E-state index < -0.39 is 0 Å². The number of thiophene rings is 1. The second-order valence-electron chi connectivity index (χ2n) is 7.24. The molecule has 1 aliphatic rings. The molecule has 154 valence electrons. The number of fused-ring (bicyclic) bond motifs is 1. The van der Waals surface area contributed by atoms with Gasteiger partial charge in [0.25, 0.3) is 5.91 Å². The summed E-state index contributed by atoms with van der Waals surface area (Å²) in [5, 5.41) is 4.96. The van der Waals surface area contributed by atoms with Crippen LogP contribution in [0.5, 0.6) is 0 Å². The molecule has 1 aromatic heterocycles. The highest BCUT2D eigenvalue weighted by molar-refractivity contribution is 7.98. The number of amides is 2. The minimum absolute atomic E-state index is 0.0970. The number of hydrogen-bond donors (Lipinski definition) is 1. The summed E-state index contributed by atoms with van der Waals surface area (Å²) in [5.41, 5.74) is 3.15. The van der Waals surface area contributed by atoms with Crippen LogP contribution in [0.2, 0.25) is 0 Å². The zero-order valence-electron chi connectivity index (χ0n) is 16.7. The van der Waals surface area contributed by atoms with Gasteiger partial charge in [0.05, 0.1) is 0 Å². The Kier molecular flexibility index (Phi) is 6.87. The third-order valence-electron chi connectivity index (χ3n) is 5.15. The van der Waals surface area contributed by atoms with E-state index in [2.05, 4.69) is 28.9 Å². The largest absolute Gasteiger partial charge is 0.352 e. The molecule has 0 radical (unpaired) electrons. The van der Waals surface area contributed by atoms with Gasteiger partial charge in [-0.25, -0.2) is 0 Å². The molecule has 1 N–H and O–H groups in total. The lowest BCUT2D eigenvalue weighted by atomic mass is 10.1. The summed E-state index contributed by atoms with van der Waals surface area (Å²) in [6, 6.07) is 20.0. The van der Waals surface area contributed by atoms with Gasteiger partial charge in [0, 0.05) is 47.1 Å². The number of nitrogens with one attached hydrogen (secondary N) is 1. The first-order valence-electron chi connectivity index (χ1n) is 10.1. The maximum atomic E-state index is 12.5. The Morgan fingerprint density at radius 3 is 2.63 bits per heavy atom. The molecule has 0 unspecified atom stereocenters. The van der Waals surface area contributed by atoms with Crippen LogP contribution < -0.4 is 5.32 Å². The van der Waals surface area contributed by atoms with E-state index >= 15 is 0 Å². The van der Waals surface area contributed by atoms with Crippen molar-refractivity contribution in [1.82, 2.24) is 10.2 Å². The van der Waals surface area contributed by atoms with E-state index in [-0.39, 0.29) is 11.8 Å². The molecule has 0 spiro atoms. The number of carbonyl (C=O) groups is 2. The second-order valence-corrected chi connectivity index (χ2v) is 9.29. The number of nitrogens with zero attached hydrogens (tertiary/aromatic N) is 1. The van der Waals surface area contributed by atoms with Crippen molar-refractivity contribution >= 4 is 34.9 Å². The molecule has 1 aliphatic heterocycles. The topological polar surface area (TPSA) is 49.4 Å². The standard InChI is InChI=1S/C24H24N2O2S2/c27-23(26-14-11-22-20(16-26)12-15-29-22)10-13-25-24(28)19-6-8-21(9-7-19)30-17-18-4-2-1-3-5-18/h1-9,12,15H,10-11,13-14,16-17H2,(H,25,28). The Morgan fingerprint density at radius 2 is 1.83 bits per heavy atom. The Hall–Kier alpha value is -2.57. The van der Waals surface area contributed by atoms with Crippen LogP contribution in [-0.2, 0) is 23.5 Å². The van der Waals surface area contributed by atoms with Crippen molar-refractivity contribution in [3.63, 3.8) is 0 Å². The Balaban J connectivity index is 1.21. The lowest BCUT2D eigenvalue weighted by molar-refractivity contribution is -0.131. The van der Waals surface area contributed by atoms with Crippen LogP contribution in [0, 0.1) is 0 Å². The molecule has 0 aliphatic carbocycles. The van der Waals surface area contributed by atoms with Crippen LogP contribution in [0.3, 0.4) is 0 Å². The predicted molar refractivity (Wildman–Crippen MR) is 123 cm³/mol. The van der Waals surface area contributed by atoms with Gasteiger partial charge in [0.15, 0.2) is 0 Å². The van der Waals surface area contributed by atoms with Crippen molar-refractivity contribution in [3.8, 4) is 0 Å². The molecule has 30 heavy (non-hydrogen) atoms. The molecule has 0 saturated heterocycles. The second kappa shape index (κ2) is 9.96. The van der Waals surface area contributed by atoms with Gasteiger partial charge in [-0.15, -0.1) is 23.1 Å². The molecule has 2 heterocycles. The van der Waals surface area contributed by atoms with Crippen molar-refractivity contribution in [2.24, 2.45) is 0 Å². The van der Waals surface area contributed by atoms with Gasteiger partial charge in [-0.3, -0.25) is 9.59 Å². The molecular weight excluding hydrogens is 412 g/mol. The van der Waals surface area contributed by atoms with Gasteiger partial charge >= 0.3 is 0 Å². The highest BCUT2D eigenvalue weighted by Crippen LogP contribution is 2.24. The minimum atomic E-state index is -0.138. The van der Waals surface area contributed by atoms with Gasteiger partial charge in [-0.05, 0) is 53.3 Å². The summed E-state index contributed by atoms with van der Waals surface area (Å²) >= 11 is 3.51. The number of benzene rings is 2. The molecular formula is C24H24N2O2S2. The smallest absolute Gasteiger partial charge is 0.251 e. The van der Waals surface area contributed by atoms with E-state index in [9.17, 15) is 9.59 Å². The highest BCUT2D eigenvalue weighted by Gasteiger charge is 2.21. The molecule has 4 nitrogen and oxygen atoms in total. The molecule has 2 amide bonds. The average molecular weight is 437 g/mol. The van der Waals surface area contributed by atoms with Gasteiger partial charge in [-0.1, -0.05) is 30.3 Å². The Bertz CT molecular complexity index is 1000. The fourth-order valence-corrected chi connectivity index (χ4v) is 5.19. The maximum absolute atomic E-state index is 12.5. The van der Waals surface area contributed by atoms with Gasteiger partial charge < -0.3 is 10.2 Å². The first kappa shape index (κ1) is 20.7. The van der Waals surface area contributed by atoms with Crippen LogP contribution in [0.25, 0.3) is 0 Å². The van der Waals surface area contributed by atoms with Crippen LogP contribution in [0.1, 0.15) is 32.8 Å². The van der Waals surface area contributed by atoms with Gasteiger partial charge in [-0.2, -0.15) is 0 Å². The zero-order chi connectivity index (χ0) is 20.8. The fourth-order valence-electron chi connectivity index (χ4n) is 3.45. The van der Waals surface area contributed by atoms with Gasteiger partial charge in [0.1, 0.15) is 0 Å². The normalized spacial score (nSPS) is 13.0. The third kappa shape index (κ3) is 5.32. The van der Waals surface area contributed by atoms with Crippen LogP contribution in [0.15, 0.2) is 70.9 Å². The van der Waals surface area contributed by atoms with E-state index in [1.807, 2.05) is 47.4 Å². The van der Waals surface area contributed by atoms with E-state index in [1.54, 1.807) is 23.1 Å². The molecule has 0 fully saturated rings. The van der Waals surface area contributed by atoms with Crippen molar-refractivity contribution < 1.29 is 9.59 Å². The SMILES string of the molecule is O=C(NCCC(=O)N1CCc2sccc2C1)c1ccc(SCc2ccccc2)cc1. The van der Waals surface area contributed by atoms with Crippen LogP contribution in [0.4, 0.5) is 0 Å². The van der Waals surface area contributed by atoms with Crippen molar-refractivity contribution in [2.75, 3.05) is 13.1 Å². The summed E-state index contributed by atoms with van der Waals surface area (Å²) in [7, 11) is 0. The van der Waals surface area contributed by atoms with E-state index in [0.29, 0.717) is 25.1 Å². The van der Waals surface area contributed by atoms with E-state index in [4.69, 9.17) is 0 Å². The Morgan fingerprint density at radius 1 is 1.03 bits per heavy atom.